The molecule has 0 fully saturated rings. The fraction of sp³-hybridized carbons (Fsp3) is 0.250. The summed E-state index contributed by atoms with van der Waals surface area (Å²) >= 11 is 1.37. The van der Waals surface area contributed by atoms with Gasteiger partial charge >= 0.3 is 132 Å². The Hall–Kier alpha value is -0.921. The third-order valence-electron chi connectivity index (χ3n) is 2.80. The van der Waals surface area contributed by atoms with Crippen LogP contribution in [0.1, 0.15) is 11.1 Å². The molecule has 4 heteroatoms. The first-order valence-electron chi connectivity index (χ1n) is 6.32. The molecular weight excluding hydrogens is 382 g/mol. The quantitative estimate of drug-likeness (QED) is 0.526. The fourth-order valence-corrected chi connectivity index (χ4v) is 8.20. The molecule has 0 unspecified atom stereocenters. The summed E-state index contributed by atoms with van der Waals surface area (Å²) in [4.78, 5) is 0. The normalized spacial score (nSPS) is 10.3. The van der Waals surface area contributed by atoms with Gasteiger partial charge in [-0.2, -0.15) is 0 Å². The third kappa shape index (κ3) is 4.88. The zero-order chi connectivity index (χ0) is 14.2. The van der Waals surface area contributed by atoms with Crippen molar-refractivity contribution in [3.8, 4) is 11.5 Å². The maximum absolute atomic E-state index is 5.25. The number of ether oxygens (including phenoxy) is 2. The van der Waals surface area contributed by atoms with Gasteiger partial charge in [-0.3, -0.25) is 0 Å². The molecule has 0 N–H and O–H groups in total. The molecule has 0 spiro atoms. The monoisotopic (exact) mass is 402 g/mol. The molecule has 106 valence electrons. The molecule has 0 atom stereocenters. The molecule has 2 aromatic rings. The van der Waals surface area contributed by atoms with Crippen LogP contribution >= 0.6 is 0 Å². The first kappa shape index (κ1) is 15.5. The van der Waals surface area contributed by atoms with Gasteiger partial charge < -0.3 is 0 Å². The molecule has 2 nitrogen and oxygen atoms in total. The molecule has 0 bridgehead atoms. The molecule has 0 heterocycles. The number of hydrogen-bond acceptors (Lipinski definition) is 2. The van der Waals surface area contributed by atoms with E-state index in [4.69, 9.17) is 9.47 Å². The second kappa shape index (κ2) is 8.38. The fourth-order valence-electron chi connectivity index (χ4n) is 1.74. The second-order valence-corrected chi connectivity index (χ2v) is 11.6. The van der Waals surface area contributed by atoms with Crippen LogP contribution in [0, 0.1) is 0 Å². The van der Waals surface area contributed by atoms with Crippen molar-refractivity contribution in [3.05, 3.63) is 59.7 Å². The van der Waals surface area contributed by atoms with Crippen LogP contribution in [0.2, 0.25) is 0 Å². The Bertz CT molecular complexity index is 494. The number of methoxy groups -OCH3 is 2. The molecule has 2 aromatic carbocycles. The van der Waals surface area contributed by atoms with E-state index in [1.165, 1.54) is 21.8 Å². The van der Waals surface area contributed by atoms with E-state index in [1.807, 2.05) is 12.1 Å². The van der Waals surface area contributed by atoms with E-state index in [1.54, 1.807) is 14.2 Å². The first-order chi connectivity index (χ1) is 9.81. The van der Waals surface area contributed by atoms with Crippen LogP contribution in [0.4, 0.5) is 0 Å². The van der Waals surface area contributed by atoms with E-state index in [0.717, 1.165) is 11.5 Å². The molecule has 0 aliphatic heterocycles. The Kier molecular flexibility index (Phi) is 6.48. The zero-order valence-electron chi connectivity index (χ0n) is 11.7. The third-order valence-corrected chi connectivity index (χ3v) is 9.43. The Morgan fingerprint density at radius 1 is 0.750 bits per heavy atom. The standard InChI is InChI=1S/C16H18O2Se2/c1-17-15-7-3-5-13(9-15)11-19-20-12-14-6-4-8-16(10-14)18-2/h3-10H,11-12H2,1-2H3. The van der Waals surface area contributed by atoms with Crippen molar-refractivity contribution < 1.29 is 9.47 Å². The summed E-state index contributed by atoms with van der Waals surface area (Å²) in [5.74, 6) is 1.91. The van der Waals surface area contributed by atoms with Gasteiger partial charge in [-0.25, -0.2) is 0 Å². The SMILES string of the molecule is COc1cccc(C[Se][Se]Cc2cccc(OC)c2)c1. The van der Waals surface area contributed by atoms with Gasteiger partial charge in [0.05, 0.1) is 0 Å². The van der Waals surface area contributed by atoms with E-state index in [2.05, 4.69) is 36.4 Å². The summed E-state index contributed by atoms with van der Waals surface area (Å²) in [6, 6.07) is 16.8. The Morgan fingerprint density at radius 3 is 1.60 bits per heavy atom. The van der Waals surface area contributed by atoms with Gasteiger partial charge in [-0.05, 0) is 0 Å². The van der Waals surface area contributed by atoms with Gasteiger partial charge in [0.15, 0.2) is 0 Å². The predicted octanol–water partition coefficient (Wildman–Crippen LogP) is 2.73. The van der Waals surface area contributed by atoms with Gasteiger partial charge in [0.1, 0.15) is 0 Å². The first-order valence-corrected chi connectivity index (χ1v) is 13.1. The van der Waals surface area contributed by atoms with E-state index in [0.29, 0.717) is 26.3 Å². The summed E-state index contributed by atoms with van der Waals surface area (Å²) in [6.45, 7) is 0. The van der Waals surface area contributed by atoms with Crippen LogP contribution in [0.15, 0.2) is 48.5 Å². The molecule has 0 radical (unpaired) electrons. The number of rotatable bonds is 7. The summed E-state index contributed by atoms with van der Waals surface area (Å²) < 4.78 is 10.5. The van der Waals surface area contributed by atoms with Crippen molar-refractivity contribution >= 4 is 26.3 Å². The topological polar surface area (TPSA) is 18.5 Å². The van der Waals surface area contributed by atoms with Crippen molar-refractivity contribution in [1.29, 1.82) is 0 Å². The number of hydrogen-bond donors (Lipinski definition) is 0. The molecule has 0 aliphatic carbocycles. The van der Waals surface area contributed by atoms with Crippen LogP contribution in [-0.2, 0) is 10.6 Å². The Labute approximate surface area is 131 Å². The Balaban J connectivity index is 1.78. The minimum absolute atomic E-state index is 0.683. The molecule has 2 rings (SSSR count). The minimum atomic E-state index is 0.683. The molecule has 0 aromatic heterocycles. The molecular formula is C16H18O2Se2. The summed E-state index contributed by atoms with van der Waals surface area (Å²) in [6.07, 6.45) is 0. The van der Waals surface area contributed by atoms with Crippen LogP contribution < -0.4 is 9.47 Å². The molecule has 0 saturated carbocycles. The molecule has 20 heavy (non-hydrogen) atoms. The van der Waals surface area contributed by atoms with Crippen molar-refractivity contribution in [2.45, 2.75) is 10.6 Å². The van der Waals surface area contributed by atoms with Gasteiger partial charge in [-0.15, -0.1) is 0 Å². The van der Waals surface area contributed by atoms with Crippen molar-refractivity contribution in [2.24, 2.45) is 0 Å². The van der Waals surface area contributed by atoms with Gasteiger partial charge in [0.25, 0.3) is 0 Å². The maximum atomic E-state index is 5.25. The van der Waals surface area contributed by atoms with Crippen molar-refractivity contribution in [2.75, 3.05) is 14.2 Å². The molecule has 0 saturated heterocycles. The predicted molar refractivity (Wildman–Crippen MR) is 84.9 cm³/mol. The van der Waals surface area contributed by atoms with Crippen molar-refractivity contribution in [1.82, 2.24) is 0 Å². The summed E-state index contributed by atoms with van der Waals surface area (Å²) in [5, 5.41) is 2.38. The zero-order valence-corrected chi connectivity index (χ0v) is 15.1. The van der Waals surface area contributed by atoms with Gasteiger partial charge in [-0.1, -0.05) is 0 Å². The van der Waals surface area contributed by atoms with Gasteiger partial charge in [0, 0.05) is 0 Å². The average Bonchev–Trinajstić information content (AvgIpc) is 2.52. The van der Waals surface area contributed by atoms with Crippen LogP contribution in [0.25, 0.3) is 0 Å². The summed E-state index contributed by atoms with van der Waals surface area (Å²) in [5.41, 5.74) is 2.77. The van der Waals surface area contributed by atoms with Gasteiger partial charge in [0.2, 0.25) is 0 Å². The summed E-state index contributed by atoms with van der Waals surface area (Å²) in [7, 11) is 3.44. The van der Waals surface area contributed by atoms with E-state index in [-0.39, 0.29) is 0 Å². The Morgan fingerprint density at radius 2 is 1.20 bits per heavy atom. The molecule has 0 amide bonds. The van der Waals surface area contributed by atoms with E-state index < -0.39 is 0 Å². The molecule has 0 aliphatic rings. The van der Waals surface area contributed by atoms with E-state index >= 15 is 0 Å². The number of benzene rings is 2. The van der Waals surface area contributed by atoms with Crippen LogP contribution in [-0.4, -0.2) is 40.5 Å². The average molecular weight is 400 g/mol. The van der Waals surface area contributed by atoms with Crippen molar-refractivity contribution in [3.63, 3.8) is 0 Å². The van der Waals surface area contributed by atoms with Crippen LogP contribution in [0.5, 0.6) is 11.5 Å². The van der Waals surface area contributed by atoms with E-state index in [9.17, 15) is 0 Å². The second-order valence-electron chi connectivity index (χ2n) is 4.23. The van der Waals surface area contributed by atoms with Crippen LogP contribution in [0.3, 0.4) is 0 Å².